The van der Waals surface area contributed by atoms with Crippen molar-refractivity contribution in [1.29, 1.82) is 0 Å². The Labute approximate surface area is 194 Å². The van der Waals surface area contributed by atoms with Gasteiger partial charge in [-0.15, -0.1) is 21.5 Å². The maximum Gasteiger partial charge on any atom is 0.236 e. The van der Waals surface area contributed by atoms with Crippen molar-refractivity contribution in [2.75, 3.05) is 5.32 Å². The number of carbonyl (C=O) groups excluding carboxylic acids is 1. The topological polar surface area (TPSA) is 85.8 Å². The van der Waals surface area contributed by atoms with E-state index in [-0.39, 0.29) is 12.3 Å². The molecule has 1 N–H and O–H groups in total. The van der Waals surface area contributed by atoms with Crippen molar-refractivity contribution in [3.8, 4) is 22.2 Å². The molecule has 1 aliphatic rings. The van der Waals surface area contributed by atoms with Crippen molar-refractivity contribution >= 4 is 34.5 Å². The Morgan fingerprint density at radius 1 is 1.25 bits per heavy atom. The maximum atomic E-state index is 12.7. The van der Waals surface area contributed by atoms with Gasteiger partial charge in [0.15, 0.2) is 5.82 Å². The van der Waals surface area contributed by atoms with E-state index in [4.69, 9.17) is 16.0 Å². The number of benzene rings is 1. The van der Waals surface area contributed by atoms with Crippen molar-refractivity contribution in [3.63, 3.8) is 0 Å². The Balaban J connectivity index is 1.35. The summed E-state index contributed by atoms with van der Waals surface area (Å²) in [4.78, 5) is 18.2. The Hall–Kier alpha value is -2.97. The van der Waals surface area contributed by atoms with Crippen molar-refractivity contribution in [2.24, 2.45) is 0 Å². The van der Waals surface area contributed by atoms with Crippen molar-refractivity contribution in [1.82, 2.24) is 19.7 Å². The largest absolute Gasteiger partial charge is 0.440 e. The average Bonchev–Trinajstić information content (AvgIpc) is 3.48. The number of aromatic nitrogens is 4. The predicted molar refractivity (Wildman–Crippen MR) is 125 cm³/mol. The fraction of sp³-hybridized carbons (Fsp3) is 0.304. The molecular formula is C23H22ClN5O2S. The van der Waals surface area contributed by atoms with E-state index in [1.807, 2.05) is 30.5 Å². The number of oxazole rings is 1. The molecule has 164 valence electrons. The van der Waals surface area contributed by atoms with E-state index >= 15 is 0 Å². The molecule has 3 aromatic heterocycles. The van der Waals surface area contributed by atoms with Gasteiger partial charge in [-0.05, 0) is 49.4 Å². The summed E-state index contributed by atoms with van der Waals surface area (Å²) in [5.74, 6) is 2.75. The summed E-state index contributed by atoms with van der Waals surface area (Å²) in [6.07, 6.45) is 4.45. The zero-order valence-corrected chi connectivity index (χ0v) is 19.2. The van der Waals surface area contributed by atoms with Gasteiger partial charge < -0.3 is 14.3 Å². The molecule has 0 bridgehead atoms. The fourth-order valence-electron chi connectivity index (χ4n) is 3.91. The first-order valence-corrected chi connectivity index (χ1v) is 11.9. The van der Waals surface area contributed by atoms with E-state index in [1.165, 1.54) is 6.42 Å². The Bertz CT molecular complexity index is 1260. The molecule has 1 amide bonds. The highest BCUT2D eigenvalue weighted by Gasteiger charge is 2.19. The van der Waals surface area contributed by atoms with Crippen molar-refractivity contribution < 1.29 is 9.21 Å². The molecule has 0 unspecified atom stereocenters. The van der Waals surface area contributed by atoms with Crippen LogP contribution in [-0.2, 0) is 24.2 Å². The van der Waals surface area contributed by atoms with Gasteiger partial charge in [0.05, 0.1) is 22.0 Å². The lowest BCUT2D eigenvalue weighted by Crippen LogP contribution is -2.15. The van der Waals surface area contributed by atoms with E-state index in [0.717, 1.165) is 47.9 Å². The minimum atomic E-state index is -0.174. The van der Waals surface area contributed by atoms with Gasteiger partial charge in [0, 0.05) is 24.2 Å². The third-order valence-electron chi connectivity index (χ3n) is 5.55. The van der Waals surface area contributed by atoms with E-state index in [9.17, 15) is 4.79 Å². The van der Waals surface area contributed by atoms with Crippen LogP contribution in [0.15, 0.2) is 40.1 Å². The maximum absolute atomic E-state index is 12.7. The summed E-state index contributed by atoms with van der Waals surface area (Å²) >= 11 is 8.04. The zero-order valence-electron chi connectivity index (χ0n) is 17.6. The molecule has 0 saturated heterocycles. The van der Waals surface area contributed by atoms with Crippen LogP contribution in [0.3, 0.4) is 0 Å². The van der Waals surface area contributed by atoms with Gasteiger partial charge >= 0.3 is 0 Å². The molecule has 7 nitrogen and oxygen atoms in total. The summed E-state index contributed by atoms with van der Waals surface area (Å²) in [5, 5.41) is 14.2. The summed E-state index contributed by atoms with van der Waals surface area (Å²) in [5.41, 5.74) is 2.05. The van der Waals surface area contributed by atoms with E-state index < -0.39 is 0 Å². The van der Waals surface area contributed by atoms with Crippen LogP contribution in [0, 0.1) is 6.92 Å². The molecule has 0 fully saturated rings. The van der Waals surface area contributed by atoms with E-state index in [0.29, 0.717) is 28.1 Å². The number of anilines is 1. The highest BCUT2D eigenvalue weighted by Crippen LogP contribution is 2.31. The third-order valence-corrected chi connectivity index (χ3v) is 6.74. The number of amides is 1. The van der Waals surface area contributed by atoms with Crippen LogP contribution >= 0.6 is 22.9 Å². The summed E-state index contributed by atoms with van der Waals surface area (Å²) < 4.78 is 7.88. The molecule has 4 heterocycles. The fourth-order valence-corrected chi connectivity index (χ4v) is 4.76. The second-order valence-electron chi connectivity index (χ2n) is 7.82. The molecule has 1 aromatic carbocycles. The number of rotatable bonds is 5. The van der Waals surface area contributed by atoms with Gasteiger partial charge in [-0.3, -0.25) is 4.79 Å². The van der Waals surface area contributed by atoms with E-state index in [1.54, 1.807) is 23.5 Å². The second-order valence-corrected chi connectivity index (χ2v) is 9.18. The first-order chi connectivity index (χ1) is 15.6. The highest BCUT2D eigenvalue weighted by atomic mass is 35.5. The van der Waals surface area contributed by atoms with Crippen LogP contribution in [0.1, 0.15) is 36.5 Å². The van der Waals surface area contributed by atoms with Crippen LogP contribution in [0.4, 0.5) is 5.69 Å². The number of fused-ring (bicyclic) bond motifs is 1. The number of aryl methyl sites for hydroxylation is 2. The molecule has 0 spiro atoms. The predicted octanol–water partition coefficient (Wildman–Crippen LogP) is 5.53. The first-order valence-electron chi connectivity index (χ1n) is 10.6. The molecule has 0 atom stereocenters. The summed E-state index contributed by atoms with van der Waals surface area (Å²) in [7, 11) is 0. The molecule has 32 heavy (non-hydrogen) atoms. The first kappa shape index (κ1) is 20.9. The van der Waals surface area contributed by atoms with Gasteiger partial charge in [-0.1, -0.05) is 24.1 Å². The quantitative estimate of drug-likeness (QED) is 0.417. The number of carbonyl (C=O) groups is 1. The minimum absolute atomic E-state index is 0.124. The van der Waals surface area contributed by atoms with Crippen LogP contribution < -0.4 is 5.32 Å². The Morgan fingerprint density at radius 3 is 3.00 bits per heavy atom. The van der Waals surface area contributed by atoms with Gasteiger partial charge in [-0.25, -0.2) is 4.98 Å². The van der Waals surface area contributed by atoms with Gasteiger partial charge in [0.2, 0.25) is 11.8 Å². The number of thiophene rings is 1. The number of hydrogen-bond acceptors (Lipinski definition) is 6. The third kappa shape index (κ3) is 4.20. The number of nitrogens with one attached hydrogen (secondary N) is 1. The SMILES string of the molecule is Cc1oc(-c2cccs2)nc1CC(=O)Nc1ccc(Cl)c(-c2nnc3n2CCCCC3)c1. The Morgan fingerprint density at radius 2 is 2.16 bits per heavy atom. The summed E-state index contributed by atoms with van der Waals surface area (Å²) in [6, 6.07) is 9.31. The number of halogens is 1. The highest BCUT2D eigenvalue weighted by molar-refractivity contribution is 7.13. The van der Waals surface area contributed by atoms with Crippen LogP contribution in [0.25, 0.3) is 22.2 Å². The van der Waals surface area contributed by atoms with Crippen LogP contribution in [0.2, 0.25) is 5.02 Å². The normalized spacial score (nSPS) is 13.6. The minimum Gasteiger partial charge on any atom is -0.440 e. The monoisotopic (exact) mass is 467 g/mol. The lowest BCUT2D eigenvalue weighted by Gasteiger charge is -2.11. The molecule has 0 aliphatic carbocycles. The van der Waals surface area contributed by atoms with Gasteiger partial charge in [0.25, 0.3) is 0 Å². The molecule has 9 heteroatoms. The molecule has 0 saturated carbocycles. The van der Waals surface area contributed by atoms with Crippen LogP contribution in [0.5, 0.6) is 0 Å². The standard InChI is InChI=1S/C23H22ClN5O2S/c1-14-18(26-23(31-14)19-6-5-11-32-19)13-21(30)25-15-8-9-17(24)16(12-15)22-28-27-20-7-3-2-4-10-29(20)22/h5-6,8-9,11-12H,2-4,7,10,13H2,1H3,(H,25,30). The summed E-state index contributed by atoms with van der Waals surface area (Å²) in [6.45, 7) is 2.70. The van der Waals surface area contributed by atoms with Crippen LogP contribution in [-0.4, -0.2) is 25.7 Å². The number of nitrogens with zero attached hydrogens (tertiary/aromatic N) is 4. The molecule has 0 radical (unpaired) electrons. The molecule has 4 aromatic rings. The zero-order chi connectivity index (χ0) is 22.1. The molecular weight excluding hydrogens is 446 g/mol. The second kappa shape index (κ2) is 8.88. The van der Waals surface area contributed by atoms with Crippen molar-refractivity contribution in [3.05, 3.63) is 58.0 Å². The smallest absolute Gasteiger partial charge is 0.236 e. The number of hydrogen-bond donors (Lipinski definition) is 1. The van der Waals surface area contributed by atoms with E-state index in [2.05, 4.69) is 25.1 Å². The van der Waals surface area contributed by atoms with Gasteiger partial charge in [-0.2, -0.15) is 0 Å². The van der Waals surface area contributed by atoms with Crippen molar-refractivity contribution in [2.45, 2.75) is 45.6 Å². The van der Waals surface area contributed by atoms with Gasteiger partial charge in [0.1, 0.15) is 11.6 Å². The molecule has 1 aliphatic heterocycles. The lowest BCUT2D eigenvalue weighted by atomic mass is 10.1. The lowest BCUT2D eigenvalue weighted by molar-refractivity contribution is -0.115. The Kier molecular flexibility index (Phi) is 5.80. The average molecular weight is 468 g/mol. The molecule has 5 rings (SSSR count).